The number of β-amino-alcohol motifs (C(OH)–C–C–N with tert-alkyl or cyclic N) is 1. The van der Waals surface area contributed by atoms with Crippen LogP contribution in [0, 0.1) is 0 Å². The third-order valence-electron chi connectivity index (χ3n) is 1.85. The zero-order valence-corrected chi connectivity index (χ0v) is 7.51. The molecule has 72 valence electrons. The van der Waals surface area contributed by atoms with Gasteiger partial charge in [-0.15, -0.1) is 12.4 Å². The first-order valence-electron chi connectivity index (χ1n) is 3.79. The number of halogens is 1. The van der Waals surface area contributed by atoms with Gasteiger partial charge in [0.1, 0.15) is 0 Å². The summed E-state index contributed by atoms with van der Waals surface area (Å²) in [6.45, 7) is 0.384. The molecular formula is C7H14ClNO3. The number of rotatable bonds is 3. The minimum absolute atomic E-state index is 0. The summed E-state index contributed by atoms with van der Waals surface area (Å²) in [5, 5.41) is 20.4. The van der Waals surface area contributed by atoms with Crippen LogP contribution in [0.2, 0.25) is 0 Å². The highest BCUT2D eigenvalue weighted by molar-refractivity contribution is 5.85. The molecule has 0 amide bonds. The van der Waals surface area contributed by atoms with Gasteiger partial charge in [0.25, 0.3) is 0 Å². The summed E-state index contributed by atoms with van der Waals surface area (Å²) in [5.74, 6) is -0.0101. The maximum Gasteiger partial charge on any atom is 0.152 e. The summed E-state index contributed by atoms with van der Waals surface area (Å²) >= 11 is 0. The van der Waals surface area contributed by atoms with Gasteiger partial charge in [0.05, 0.1) is 18.8 Å². The van der Waals surface area contributed by atoms with Crippen molar-refractivity contribution in [2.75, 3.05) is 13.2 Å². The second-order valence-electron chi connectivity index (χ2n) is 2.79. The molecule has 0 radical (unpaired) electrons. The fourth-order valence-corrected chi connectivity index (χ4v) is 1.25. The molecule has 2 unspecified atom stereocenters. The lowest BCUT2D eigenvalue weighted by molar-refractivity contribution is -0.121. The van der Waals surface area contributed by atoms with Crippen LogP contribution >= 0.6 is 12.4 Å². The van der Waals surface area contributed by atoms with Gasteiger partial charge >= 0.3 is 0 Å². The van der Waals surface area contributed by atoms with Crippen molar-refractivity contribution in [3.63, 3.8) is 0 Å². The first kappa shape index (κ1) is 11.8. The molecule has 3 N–H and O–H groups in total. The van der Waals surface area contributed by atoms with Crippen molar-refractivity contribution >= 4 is 18.2 Å². The smallest absolute Gasteiger partial charge is 0.152 e. The molecular weight excluding hydrogens is 182 g/mol. The number of Topliss-reactive ketones (excluding diaryl/α,β-unsaturated/α-hetero) is 1. The van der Waals surface area contributed by atoms with Gasteiger partial charge in [-0.25, -0.2) is 0 Å². The third-order valence-corrected chi connectivity index (χ3v) is 1.85. The highest BCUT2D eigenvalue weighted by Gasteiger charge is 2.26. The quantitative estimate of drug-likeness (QED) is 0.545. The number of hydrogen-bond acceptors (Lipinski definition) is 4. The highest BCUT2D eigenvalue weighted by Crippen LogP contribution is 2.08. The lowest BCUT2D eigenvalue weighted by Crippen LogP contribution is -2.31. The second kappa shape index (κ2) is 5.48. The van der Waals surface area contributed by atoms with Crippen molar-refractivity contribution in [1.29, 1.82) is 0 Å². The Morgan fingerprint density at radius 2 is 2.25 bits per heavy atom. The predicted molar refractivity (Wildman–Crippen MR) is 46.4 cm³/mol. The maximum absolute atomic E-state index is 11.1. The van der Waals surface area contributed by atoms with Crippen molar-refractivity contribution in [2.45, 2.75) is 25.0 Å². The van der Waals surface area contributed by atoms with Crippen LogP contribution in [0.15, 0.2) is 0 Å². The van der Waals surface area contributed by atoms with Gasteiger partial charge in [-0.3, -0.25) is 4.79 Å². The second-order valence-corrected chi connectivity index (χ2v) is 2.79. The minimum atomic E-state index is -0.400. The van der Waals surface area contributed by atoms with Crippen molar-refractivity contribution in [3.05, 3.63) is 0 Å². The van der Waals surface area contributed by atoms with Crippen molar-refractivity contribution < 1.29 is 15.0 Å². The van der Waals surface area contributed by atoms with Gasteiger partial charge in [0.15, 0.2) is 5.78 Å². The van der Waals surface area contributed by atoms with Crippen LogP contribution in [0.3, 0.4) is 0 Å². The number of carbonyl (C=O) groups excluding carboxylic acids is 1. The van der Waals surface area contributed by atoms with E-state index in [1.165, 1.54) is 0 Å². The number of aliphatic hydroxyl groups excluding tert-OH is 2. The average Bonchev–Trinajstić information content (AvgIpc) is 2.36. The van der Waals surface area contributed by atoms with Gasteiger partial charge in [0, 0.05) is 13.0 Å². The Hall–Kier alpha value is -0.160. The Kier molecular flexibility index (Phi) is 5.41. The van der Waals surface area contributed by atoms with E-state index in [0.29, 0.717) is 13.0 Å². The van der Waals surface area contributed by atoms with Gasteiger partial charge in [-0.05, 0) is 6.42 Å². The Morgan fingerprint density at radius 3 is 2.67 bits per heavy atom. The minimum Gasteiger partial charge on any atom is -0.396 e. The monoisotopic (exact) mass is 195 g/mol. The maximum atomic E-state index is 11.1. The van der Waals surface area contributed by atoms with E-state index in [0.717, 1.165) is 0 Å². The molecule has 1 aliphatic rings. The number of hydrogen-bond donors (Lipinski definition) is 3. The van der Waals surface area contributed by atoms with E-state index in [1.807, 2.05) is 0 Å². The molecule has 1 saturated heterocycles. The Balaban J connectivity index is 0.00000121. The Morgan fingerprint density at radius 1 is 1.58 bits per heavy atom. The summed E-state index contributed by atoms with van der Waals surface area (Å²) in [5.41, 5.74) is 0. The molecule has 0 spiro atoms. The molecule has 4 nitrogen and oxygen atoms in total. The van der Waals surface area contributed by atoms with Crippen LogP contribution in [-0.2, 0) is 4.79 Å². The predicted octanol–water partition coefficient (Wildman–Crippen LogP) is -0.918. The highest BCUT2D eigenvalue weighted by atomic mass is 35.5. The molecule has 0 saturated carbocycles. The van der Waals surface area contributed by atoms with E-state index < -0.39 is 6.10 Å². The number of nitrogens with one attached hydrogen (secondary N) is 1. The zero-order chi connectivity index (χ0) is 8.27. The van der Waals surface area contributed by atoms with Crippen molar-refractivity contribution in [2.24, 2.45) is 0 Å². The van der Waals surface area contributed by atoms with Crippen molar-refractivity contribution in [3.8, 4) is 0 Å². The first-order valence-corrected chi connectivity index (χ1v) is 3.79. The average molecular weight is 196 g/mol. The normalized spacial score (nSPS) is 28.2. The summed E-state index contributed by atoms with van der Waals surface area (Å²) in [4.78, 5) is 11.1. The summed E-state index contributed by atoms with van der Waals surface area (Å²) in [6.07, 6.45) is 0.270. The first-order chi connectivity index (χ1) is 5.24. The third kappa shape index (κ3) is 3.06. The number of aliphatic hydroxyl groups is 2. The molecule has 12 heavy (non-hydrogen) atoms. The molecule has 1 aliphatic heterocycles. The van der Waals surface area contributed by atoms with Crippen molar-refractivity contribution in [1.82, 2.24) is 5.32 Å². The summed E-state index contributed by atoms with van der Waals surface area (Å²) < 4.78 is 0. The topological polar surface area (TPSA) is 69.6 Å². The van der Waals surface area contributed by atoms with Crippen LogP contribution in [-0.4, -0.2) is 41.3 Å². The van der Waals surface area contributed by atoms with Gasteiger partial charge in [0.2, 0.25) is 0 Å². The zero-order valence-electron chi connectivity index (χ0n) is 6.69. The molecule has 1 heterocycles. The van der Waals surface area contributed by atoms with E-state index in [2.05, 4.69) is 5.32 Å². The van der Waals surface area contributed by atoms with Crippen LogP contribution in [0.5, 0.6) is 0 Å². The van der Waals surface area contributed by atoms with Crippen LogP contribution in [0.1, 0.15) is 12.8 Å². The molecule has 0 bridgehead atoms. The standard InChI is InChI=1S/C7H13NO3.ClH/c9-2-1-7(11)6-3-5(10)4-8-6;/h5-6,8-10H,1-4H2;1H. The lowest BCUT2D eigenvalue weighted by atomic mass is 10.1. The molecule has 0 aromatic rings. The van der Waals surface area contributed by atoms with Crippen LogP contribution in [0.25, 0.3) is 0 Å². The molecule has 2 atom stereocenters. The fraction of sp³-hybridized carbons (Fsp3) is 0.857. The SMILES string of the molecule is Cl.O=C(CCO)C1CC(O)CN1. The van der Waals surface area contributed by atoms with E-state index in [4.69, 9.17) is 10.2 Å². The van der Waals surface area contributed by atoms with Crippen LogP contribution < -0.4 is 5.32 Å². The Labute approximate surface area is 77.4 Å². The molecule has 0 aromatic heterocycles. The fourth-order valence-electron chi connectivity index (χ4n) is 1.25. The van der Waals surface area contributed by atoms with Gasteiger partial charge in [-0.1, -0.05) is 0 Å². The van der Waals surface area contributed by atoms with Gasteiger partial charge in [-0.2, -0.15) is 0 Å². The molecule has 1 rings (SSSR count). The Bertz CT molecular complexity index is 154. The van der Waals surface area contributed by atoms with E-state index in [-0.39, 0.29) is 37.3 Å². The van der Waals surface area contributed by atoms with Crippen LogP contribution in [0.4, 0.5) is 0 Å². The van der Waals surface area contributed by atoms with Gasteiger partial charge < -0.3 is 15.5 Å². The van der Waals surface area contributed by atoms with E-state index in [1.54, 1.807) is 0 Å². The summed E-state index contributed by atoms with van der Waals surface area (Å²) in [7, 11) is 0. The van der Waals surface area contributed by atoms with E-state index >= 15 is 0 Å². The summed E-state index contributed by atoms with van der Waals surface area (Å²) in [6, 6.07) is -0.239. The molecule has 5 heteroatoms. The lowest BCUT2D eigenvalue weighted by Gasteiger charge is -2.06. The van der Waals surface area contributed by atoms with E-state index in [9.17, 15) is 4.79 Å². The molecule has 1 fully saturated rings. The largest absolute Gasteiger partial charge is 0.396 e. The number of ketones is 1. The molecule has 0 aliphatic carbocycles. The number of carbonyl (C=O) groups is 1. The molecule has 0 aromatic carbocycles.